The van der Waals surface area contributed by atoms with Crippen molar-refractivity contribution in [3.05, 3.63) is 65.4 Å². The van der Waals surface area contributed by atoms with Crippen molar-refractivity contribution in [3.8, 4) is 11.5 Å². The van der Waals surface area contributed by atoms with E-state index in [1.54, 1.807) is 24.3 Å². The Hall–Kier alpha value is -3.42. The van der Waals surface area contributed by atoms with Gasteiger partial charge in [-0.1, -0.05) is 18.2 Å². The van der Waals surface area contributed by atoms with Gasteiger partial charge < -0.3 is 15.2 Å². The quantitative estimate of drug-likeness (QED) is 0.633. The van der Waals surface area contributed by atoms with Crippen LogP contribution >= 0.6 is 0 Å². The highest BCUT2D eigenvalue weighted by molar-refractivity contribution is 6.17. The largest absolute Gasteiger partial charge is 0.503 e. The minimum atomic E-state index is -1.18. The molecule has 0 spiro atoms. The van der Waals surface area contributed by atoms with Gasteiger partial charge in [-0.2, -0.15) is 0 Å². The van der Waals surface area contributed by atoms with Crippen LogP contribution < -0.4 is 10.1 Å². The van der Waals surface area contributed by atoms with E-state index >= 15 is 0 Å². The van der Waals surface area contributed by atoms with Gasteiger partial charge in [-0.15, -0.1) is 0 Å². The molecule has 8 heteroatoms. The van der Waals surface area contributed by atoms with Crippen LogP contribution in [0.25, 0.3) is 0 Å². The minimum Gasteiger partial charge on any atom is -0.503 e. The van der Waals surface area contributed by atoms with Crippen molar-refractivity contribution in [1.82, 2.24) is 4.90 Å². The first-order valence-corrected chi connectivity index (χ1v) is 7.55. The third-order valence-electron chi connectivity index (χ3n) is 3.83. The molecule has 0 aromatic heterocycles. The second kappa shape index (κ2) is 6.83. The van der Waals surface area contributed by atoms with E-state index in [0.29, 0.717) is 11.3 Å². The Morgan fingerprint density at radius 1 is 1.15 bits per heavy atom. The molecule has 2 N–H and O–H groups in total. The Bertz CT molecular complexity index is 904. The Balaban J connectivity index is 1.79. The number of halogens is 2. The molecule has 0 aliphatic carbocycles. The van der Waals surface area contributed by atoms with Crippen molar-refractivity contribution >= 4 is 17.5 Å². The number of aromatic hydroxyl groups is 1. The van der Waals surface area contributed by atoms with Gasteiger partial charge in [-0.3, -0.25) is 14.5 Å². The molecule has 1 heterocycles. The number of carbonyl (C=O) groups is 2. The number of para-hydroxylation sites is 1. The summed E-state index contributed by atoms with van der Waals surface area (Å²) in [4.78, 5) is 25.6. The number of phenolic OH excluding ortho intramolecular Hbond substituents is 1. The molecule has 134 valence electrons. The van der Waals surface area contributed by atoms with Crippen LogP contribution in [0.2, 0.25) is 0 Å². The molecule has 0 saturated carbocycles. The van der Waals surface area contributed by atoms with Crippen molar-refractivity contribution in [3.63, 3.8) is 0 Å². The van der Waals surface area contributed by atoms with Gasteiger partial charge in [-0.05, 0) is 6.07 Å². The van der Waals surface area contributed by atoms with E-state index in [0.717, 1.165) is 23.1 Å². The lowest BCUT2D eigenvalue weighted by atomic mass is 10.2. The summed E-state index contributed by atoms with van der Waals surface area (Å²) in [6, 6.07) is 8.57. The number of amides is 2. The first-order chi connectivity index (χ1) is 12.4. The predicted octanol–water partition coefficient (Wildman–Crippen LogP) is 2.54. The molecule has 0 unspecified atom stereocenters. The lowest BCUT2D eigenvalue weighted by Gasteiger charge is -2.17. The molecule has 0 bridgehead atoms. The summed E-state index contributed by atoms with van der Waals surface area (Å²) in [6.45, 7) is -0.0122. The molecule has 3 rings (SSSR count). The van der Waals surface area contributed by atoms with Crippen LogP contribution in [0.15, 0.2) is 48.2 Å². The standard InChI is InChI=1S/C18H14F2N2O4/c1-26-15-5-3-2-4-10(15)9-22-16(23)8-14(18(22)25)21-11-6-12(19)17(24)13(20)7-11/h2-8,21,24H,9H2,1H3. The topological polar surface area (TPSA) is 78.9 Å². The number of hydrogen-bond donors (Lipinski definition) is 2. The Morgan fingerprint density at radius 3 is 2.46 bits per heavy atom. The summed E-state index contributed by atoms with van der Waals surface area (Å²) in [5, 5.41) is 11.6. The van der Waals surface area contributed by atoms with Crippen LogP contribution in [0.5, 0.6) is 11.5 Å². The SMILES string of the molecule is COc1ccccc1CN1C(=O)C=C(Nc2cc(F)c(O)c(F)c2)C1=O. The van der Waals surface area contributed by atoms with E-state index in [1.807, 2.05) is 0 Å². The maximum Gasteiger partial charge on any atom is 0.277 e. The fraction of sp³-hybridized carbons (Fsp3) is 0.111. The second-order valence-electron chi connectivity index (χ2n) is 5.51. The highest BCUT2D eigenvalue weighted by Gasteiger charge is 2.32. The number of imide groups is 1. The molecule has 1 aliphatic heterocycles. The van der Waals surface area contributed by atoms with E-state index in [1.165, 1.54) is 7.11 Å². The number of nitrogens with one attached hydrogen (secondary N) is 1. The third-order valence-corrected chi connectivity index (χ3v) is 3.83. The van der Waals surface area contributed by atoms with Crippen LogP contribution in [-0.4, -0.2) is 28.9 Å². The number of carbonyl (C=O) groups excluding carboxylic acids is 2. The van der Waals surface area contributed by atoms with Crippen molar-refractivity contribution in [2.24, 2.45) is 0 Å². The molecule has 2 aromatic rings. The zero-order chi connectivity index (χ0) is 18.8. The van der Waals surface area contributed by atoms with Crippen molar-refractivity contribution in [2.45, 2.75) is 6.54 Å². The van der Waals surface area contributed by atoms with Gasteiger partial charge in [0.1, 0.15) is 11.4 Å². The zero-order valence-corrected chi connectivity index (χ0v) is 13.6. The number of phenols is 1. The fourth-order valence-electron chi connectivity index (χ4n) is 2.55. The lowest BCUT2D eigenvalue weighted by molar-refractivity contribution is -0.137. The molecule has 0 radical (unpaired) electrons. The second-order valence-corrected chi connectivity index (χ2v) is 5.51. The Labute approximate surface area is 147 Å². The summed E-state index contributed by atoms with van der Waals surface area (Å²) in [5.41, 5.74) is 0.395. The number of ether oxygens (including phenoxy) is 1. The van der Waals surface area contributed by atoms with Gasteiger partial charge in [0, 0.05) is 29.5 Å². The van der Waals surface area contributed by atoms with E-state index in [9.17, 15) is 18.4 Å². The van der Waals surface area contributed by atoms with Crippen LogP contribution in [0, 0.1) is 11.6 Å². The molecule has 6 nitrogen and oxygen atoms in total. The number of benzene rings is 2. The molecular formula is C18H14F2N2O4. The average Bonchev–Trinajstić information content (AvgIpc) is 2.87. The summed E-state index contributed by atoms with van der Waals surface area (Å²) in [6.07, 6.45) is 1.04. The van der Waals surface area contributed by atoms with Crippen LogP contribution in [0.4, 0.5) is 14.5 Å². The summed E-state index contributed by atoms with van der Waals surface area (Å²) >= 11 is 0. The molecule has 0 fully saturated rings. The van der Waals surface area contributed by atoms with Crippen molar-refractivity contribution in [1.29, 1.82) is 0 Å². The van der Waals surface area contributed by atoms with Gasteiger partial charge in [0.25, 0.3) is 11.8 Å². The van der Waals surface area contributed by atoms with Gasteiger partial charge in [0.05, 0.1) is 13.7 Å². The number of methoxy groups -OCH3 is 1. The monoisotopic (exact) mass is 360 g/mol. The summed E-state index contributed by atoms with van der Waals surface area (Å²) < 4.78 is 32.0. The molecule has 0 atom stereocenters. The van der Waals surface area contributed by atoms with Gasteiger partial charge in [-0.25, -0.2) is 8.78 Å². The highest BCUT2D eigenvalue weighted by atomic mass is 19.1. The molecule has 2 amide bonds. The zero-order valence-electron chi connectivity index (χ0n) is 13.6. The van der Waals surface area contributed by atoms with Gasteiger partial charge in [0.15, 0.2) is 17.4 Å². The normalized spacial score (nSPS) is 13.8. The number of hydrogen-bond acceptors (Lipinski definition) is 5. The number of anilines is 1. The van der Waals surface area contributed by atoms with Gasteiger partial charge in [0.2, 0.25) is 0 Å². The molecule has 2 aromatic carbocycles. The molecule has 26 heavy (non-hydrogen) atoms. The molecule has 1 aliphatic rings. The Morgan fingerprint density at radius 2 is 1.81 bits per heavy atom. The van der Waals surface area contributed by atoms with Crippen LogP contribution in [0.3, 0.4) is 0 Å². The number of rotatable bonds is 5. The van der Waals surface area contributed by atoms with Crippen LogP contribution in [0.1, 0.15) is 5.56 Å². The van der Waals surface area contributed by atoms with Crippen LogP contribution in [-0.2, 0) is 16.1 Å². The highest BCUT2D eigenvalue weighted by Crippen LogP contribution is 2.27. The van der Waals surface area contributed by atoms with Crippen molar-refractivity contribution in [2.75, 3.05) is 12.4 Å². The molecular weight excluding hydrogens is 346 g/mol. The average molecular weight is 360 g/mol. The Kier molecular flexibility index (Phi) is 4.57. The lowest BCUT2D eigenvalue weighted by Crippen LogP contribution is -2.31. The fourth-order valence-corrected chi connectivity index (χ4v) is 2.55. The summed E-state index contributed by atoms with van der Waals surface area (Å²) in [7, 11) is 1.48. The van der Waals surface area contributed by atoms with E-state index in [2.05, 4.69) is 5.32 Å². The first kappa shape index (κ1) is 17.4. The van der Waals surface area contributed by atoms with Crippen molar-refractivity contribution < 1.29 is 28.2 Å². The molecule has 0 saturated heterocycles. The maximum absolute atomic E-state index is 13.4. The smallest absolute Gasteiger partial charge is 0.277 e. The minimum absolute atomic E-state index is 0.0122. The number of nitrogens with zero attached hydrogens (tertiary/aromatic N) is 1. The maximum atomic E-state index is 13.4. The predicted molar refractivity (Wildman–Crippen MR) is 88.3 cm³/mol. The van der Waals surface area contributed by atoms with E-state index in [-0.39, 0.29) is 17.9 Å². The third kappa shape index (κ3) is 3.21. The van der Waals surface area contributed by atoms with E-state index in [4.69, 9.17) is 9.84 Å². The first-order valence-electron chi connectivity index (χ1n) is 7.55. The van der Waals surface area contributed by atoms with Gasteiger partial charge >= 0.3 is 0 Å². The summed E-state index contributed by atoms with van der Waals surface area (Å²) in [5.74, 6) is -4.17. The van der Waals surface area contributed by atoms with E-state index < -0.39 is 29.2 Å².